The Morgan fingerprint density at radius 2 is 0.574 bits per heavy atom. The third-order valence-electron chi connectivity index (χ3n) is 25.0. The molecule has 0 saturated carbocycles. The van der Waals surface area contributed by atoms with Crippen molar-refractivity contribution in [1.82, 2.24) is 9.13 Å². The Morgan fingerprint density at radius 1 is 0.233 bits per heavy atom. The zero-order valence-corrected chi connectivity index (χ0v) is 80.3. The molecule has 2 aliphatic rings. The van der Waals surface area contributed by atoms with Crippen molar-refractivity contribution in [3.05, 3.63) is 328 Å². The van der Waals surface area contributed by atoms with Crippen molar-refractivity contribution in [2.75, 3.05) is 9.80 Å². The Bertz CT molecular complexity index is 8990. The summed E-state index contributed by atoms with van der Waals surface area (Å²) in [5.74, 6) is 0. The molecule has 0 radical (unpaired) electrons. The van der Waals surface area contributed by atoms with Crippen LogP contribution in [-0.4, -0.2) is 15.8 Å². The summed E-state index contributed by atoms with van der Waals surface area (Å²) in [5, 5.41) is -1.62. The van der Waals surface area contributed by atoms with Crippen LogP contribution in [0.3, 0.4) is 0 Å². The lowest BCUT2D eigenvalue weighted by Gasteiger charge is -2.46. The van der Waals surface area contributed by atoms with Gasteiger partial charge in [-0.1, -0.05) is 401 Å². The van der Waals surface area contributed by atoms with E-state index in [4.69, 9.17) is 0 Å². The largest absolute Gasteiger partial charge is 0.310 e. The molecule has 0 unspecified atom stereocenters. The Labute approximate surface area is 818 Å². The Hall–Kier alpha value is -11.7. The second-order valence-electron chi connectivity index (χ2n) is 45.4. The summed E-state index contributed by atoms with van der Waals surface area (Å²) >= 11 is 0. The van der Waals surface area contributed by atoms with Crippen LogP contribution in [0.4, 0.5) is 34.1 Å². The van der Waals surface area contributed by atoms with Crippen molar-refractivity contribution in [2.45, 2.75) is 262 Å². The Kier molecular flexibility index (Phi) is 13.4. The molecule has 16 aromatic rings. The van der Waals surface area contributed by atoms with Crippen LogP contribution in [0.15, 0.2) is 272 Å². The summed E-state index contributed by atoms with van der Waals surface area (Å²) in [4.78, 5) is 3.27. The predicted molar refractivity (Wildman–Crippen MR) is 563 cm³/mol. The fraction of sp³-hybridized carbons (Fsp3) is 0.323. The smallest absolute Gasteiger partial charge is 0.252 e. The molecule has 4 heterocycles. The summed E-state index contributed by atoms with van der Waals surface area (Å²) in [6.45, 7) is 53.6. The van der Waals surface area contributed by atoms with Crippen molar-refractivity contribution in [3.63, 3.8) is 0 Å². The van der Waals surface area contributed by atoms with Crippen molar-refractivity contribution in [3.8, 4) is 67.0 Å². The first-order chi connectivity index (χ1) is 74.1. The average Bonchev–Trinajstić information content (AvgIpc) is 1.04. The van der Waals surface area contributed by atoms with Gasteiger partial charge in [0.25, 0.3) is 6.71 Å². The second-order valence-corrected chi connectivity index (χ2v) is 45.4. The number of benzene rings is 14. The van der Waals surface area contributed by atoms with Gasteiger partial charge in [-0.3, -0.25) is 0 Å². The van der Waals surface area contributed by atoms with Crippen LogP contribution in [0.25, 0.3) is 111 Å². The minimum atomic E-state index is -1.51. The van der Waals surface area contributed by atoms with Crippen LogP contribution in [-0.2, 0) is 54.1 Å². The van der Waals surface area contributed by atoms with Gasteiger partial charge >= 0.3 is 0 Å². The van der Waals surface area contributed by atoms with Gasteiger partial charge < -0.3 is 18.9 Å². The van der Waals surface area contributed by atoms with Gasteiger partial charge in [0.1, 0.15) is 0 Å². The van der Waals surface area contributed by atoms with E-state index in [-0.39, 0.29) is 134 Å². The number of rotatable bonds is 9. The van der Waals surface area contributed by atoms with Gasteiger partial charge in [0.2, 0.25) is 0 Å². The quantitative estimate of drug-likeness (QED) is 0.134. The van der Waals surface area contributed by atoms with Gasteiger partial charge in [-0.05, 0) is 238 Å². The van der Waals surface area contributed by atoms with Gasteiger partial charge in [-0.25, -0.2) is 0 Å². The van der Waals surface area contributed by atoms with Crippen molar-refractivity contribution < 1.29 is 45.2 Å². The van der Waals surface area contributed by atoms with E-state index >= 15 is 0 Å². The molecule has 0 aliphatic carbocycles. The van der Waals surface area contributed by atoms with Gasteiger partial charge in [0.05, 0.1) is 84.4 Å². The molecule has 0 saturated heterocycles. The number of para-hydroxylation sites is 4. The van der Waals surface area contributed by atoms with Crippen molar-refractivity contribution in [2.24, 2.45) is 0 Å². The van der Waals surface area contributed by atoms with Crippen LogP contribution < -0.4 is 26.2 Å². The third kappa shape index (κ3) is 15.6. The summed E-state index contributed by atoms with van der Waals surface area (Å²) in [5.41, 5.74) is -14.0. The normalized spacial score (nSPS) is 17.3. The number of hydrogen-bond donors (Lipinski definition) is 0. The minimum Gasteiger partial charge on any atom is -0.310 e. The molecule has 2 aromatic heterocycles. The number of hydrogen-bond acceptors (Lipinski definition) is 2. The maximum atomic E-state index is 12.0. The van der Waals surface area contributed by atoms with Gasteiger partial charge in [0.15, 0.2) is 0 Å². The highest BCUT2D eigenvalue weighted by Gasteiger charge is 2.48. The topological polar surface area (TPSA) is 16.3 Å². The molecular formula is C124H135BN4. The van der Waals surface area contributed by atoms with Crippen LogP contribution in [0.5, 0.6) is 0 Å². The molecule has 654 valence electrons. The second kappa shape index (κ2) is 30.5. The standard InChI is InChI=1S/C124H135BN4/c1-115(2,3)81-55-50-76(51-56-81)95-69-87(121(19,20)21)71-97(80-64-85(119(13,14)15)68-86(65-80)120(16,17)18)113(95)129-108-73-89(126-103-46-35-31-40-91(103)92-41-32-36-47-104(92)126)59-61-102(108)125-101-60-54-78(79-62-83(117(7,8)9)67-84(63-79)118(10,11)12)66-107(101)128(109-74-90(75-110(129)112(109)125)127-105-48-37-33-42-93(105)94-43-34-38-49-106(94)127)114-96(77-52-57-82(58-53-77)116(4,5)6)70-88(122(22,23)24)72-98(114)111-99(123(25,26)27)44-39-45-100(111)124(28,29)30/h31-75H,1-30H3/i31D,32D,33D,34D,35D,36D,37D,38D,39D,40D,41D,42D,43D,44D,45D,46D,47D,48D,49D,50D,51D,52D,53D,55D,56D,57D,58D,64D,65D,68D,69D,70D,71D. The monoisotopic (exact) mass is 1720 g/mol. The molecule has 0 bridgehead atoms. The van der Waals surface area contributed by atoms with Crippen LogP contribution in [0.1, 0.15) is 309 Å². The zero-order chi connectivity index (χ0) is 121. The highest BCUT2D eigenvalue weighted by Crippen LogP contribution is 2.59. The van der Waals surface area contributed by atoms with Crippen molar-refractivity contribution in [1.29, 1.82) is 0 Å². The SMILES string of the molecule is [2H]c1c([2H])c(C(C)(C)C)c(-c2cc(C(C)(C)C)c([2H])c(-c3c([2H])c([2H])c(C(C)(C)C)c([2H])c3[2H])c2N2c3cc(-c4cc(C(C)(C)C)cc(C(C)(C)C)c4)ccc3B3c4ccc(-n5c6c([2H])c([2H])c([2H])c([2H])c6c6c([2H])c([2H])c([2H])c([2H])c65)cc4N(c4c(-c5c([2H])c([2H])c(C(C)(C)C)c([2H])c5[2H])c([2H])c(C(C)(C)C)c([2H])c4-c4c([2H])c(C(C)(C)C)c([2H])c(C(C)(C)C)c4[2H])c4cc(-n5c6c([2H])c([2H])c([2H])c([2H])c6c6c([2H])c([2H])c([2H])c([2H])c65)cc2c43)c(C(C)(C)C)c1[2H]. The minimum absolute atomic E-state index is 0.0220. The lowest BCUT2D eigenvalue weighted by atomic mass is 9.33. The maximum absolute atomic E-state index is 12.0. The molecular weight excluding hydrogens is 1560 g/mol. The molecule has 0 amide bonds. The highest BCUT2D eigenvalue weighted by molar-refractivity contribution is 7.00. The van der Waals surface area contributed by atoms with Crippen LogP contribution >= 0.6 is 0 Å². The van der Waals surface area contributed by atoms with Crippen molar-refractivity contribution >= 4 is 101 Å². The molecule has 0 atom stereocenters. The van der Waals surface area contributed by atoms with Gasteiger partial charge in [-0.2, -0.15) is 0 Å². The first kappa shape index (κ1) is 56.7. The van der Waals surface area contributed by atoms with E-state index < -0.39 is 321 Å². The summed E-state index contributed by atoms with van der Waals surface area (Å²) < 4.78 is 350. The molecule has 0 spiro atoms. The molecule has 0 fully saturated rings. The molecule has 14 aromatic carbocycles. The number of aromatic nitrogens is 2. The fourth-order valence-electron chi connectivity index (χ4n) is 17.8. The molecule has 0 N–H and O–H groups in total. The van der Waals surface area contributed by atoms with Crippen LogP contribution in [0.2, 0.25) is 0 Å². The van der Waals surface area contributed by atoms with E-state index in [0.717, 1.165) is 11.1 Å². The predicted octanol–water partition coefficient (Wildman–Crippen LogP) is 33.3. The van der Waals surface area contributed by atoms with Gasteiger partial charge in [-0.15, -0.1) is 0 Å². The lowest BCUT2D eigenvalue weighted by Crippen LogP contribution is -2.61. The number of fused-ring (bicyclic) bond motifs is 10. The summed E-state index contributed by atoms with van der Waals surface area (Å²) in [7, 11) is 0. The van der Waals surface area contributed by atoms with Gasteiger partial charge in [0, 0.05) is 72.2 Å². The van der Waals surface area contributed by atoms with Crippen LogP contribution in [0, 0.1) is 0 Å². The van der Waals surface area contributed by atoms with E-state index in [0.29, 0.717) is 11.1 Å². The zero-order valence-electron chi connectivity index (χ0n) is 113. The van der Waals surface area contributed by atoms with E-state index in [1.54, 1.807) is 133 Å². The fourth-order valence-corrected chi connectivity index (χ4v) is 17.8. The molecule has 4 nitrogen and oxygen atoms in total. The van der Waals surface area contributed by atoms with E-state index in [2.05, 4.69) is 59.7 Å². The Morgan fingerprint density at radius 3 is 0.969 bits per heavy atom. The maximum Gasteiger partial charge on any atom is 0.252 e. The number of nitrogens with zero attached hydrogens (tertiary/aromatic N) is 4. The van der Waals surface area contributed by atoms with E-state index in [1.807, 2.05) is 80.5 Å². The third-order valence-corrected chi connectivity index (χ3v) is 25.0. The lowest BCUT2D eigenvalue weighted by molar-refractivity contribution is 0.568. The average molecular weight is 1730 g/mol. The first-order valence-electron chi connectivity index (χ1n) is 61.2. The molecule has 129 heavy (non-hydrogen) atoms. The summed E-state index contributed by atoms with van der Waals surface area (Å²) in [6.07, 6.45) is 0. The van der Waals surface area contributed by atoms with E-state index in [1.165, 1.54) is 26.2 Å². The Balaban J connectivity index is 1.28. The molecule has 5 heteroatoms. The molecule has 2 aliphatic heterocycles. The molecule has 18 rings (SSSR count). The summed E-state index contributed by atoms with van der Waals surface area (Å²) in [6, 6.07) is -0.620. The number of anilines is 6. The first-order valence-corrected chi connectivity index (χ1v) is 44.7. The highest BCUT2D eigenvalue weighted by atomic mass is 15.2. The van der Waals surface area contributed by atoms with E-state index in [9.17, 15) is 45.2 Å².